The van der Waals surface area contributed by atoms with Crippen LogP contribution >= 0.6 is 0 Å². The van der Waals surface area contributed by atoms with Gasteiger partial charge < -0.3 is 40.7 Å². The fourth-order valence-electron chi connectivity index (χ4n) is 1.32. The topological polar surface area (TPSA) is 163 Å². The van der Waals surface area contributed by atoms with E-state index in [1.54, 1.807) is 0 Å². The van der Waals surface area contributed by atoms with Crippen LogP contribution in [0.25, 0.3) is 0 Å². The number of nitrogens with two attached hydrogens (primary N) is 1. The maximum atomic E-state index is 11.1. The van der Waals surface area contributed by atoms with Crippen molar-refractivity contribution in [2.75, 3.05) is 26.4 Å². The van der Waals surface area contributed by atoms with Gasteiger partial charge in [-0.15, -0.1) is 0 Å². The number of rotatable bonds is 7. The van der Waals surface area contributed by atoms with E-state index >= 15 is 0 Å². The van der Waals surface area contributed by atoms with E-state index < -0.39 is 61.7 Å². The van der Waals surface area contributed by atoms with Crippen LogP contribution in [0.2, 0.25) is 0 Å². The molecule has 0 aromatic rings. The molecule has 0 aliphatic carbocycles. The van der Waals surface area contributed by atoms with Crippen molar-refractivity contribution in [1.29, 1.82) is 0 Å². The number of esters is 1. The second-order valence-corrected chi connectivity index (χ2v) is 4.26. The minimum absolute atomic E-state index is 0.400. The first-order valence-corrected chi connectivity index (χ1v) is 5.45. The Kier molecular flexibility index (Phi) is 5.09. The molecule has 2 atom stereocenters. The third kappa shape index (κ3) is 3.33. The van der Waals surface area contributed by atoms with Crippen LogP contribution in [0.3, 0.4) is 0 Å². The van der Waals surface area contributed by atoms with Crippen molar-refractivity contribution in [3.05, 3.63) is 11.5 Å². The summed E-state index contributed by atoms with van der Waals surface area (Å²) in [6.07, 6.45) is -2.84. The number of aliphatic hydroxyl groups excluding tert-OH is 5. The number of carbonyl (C=O) groups excluding carboxylic acids is 1. The van der Waals surface area contributed by atoms with Crippen molar-refractivity contribution in [3.8, 4) is 0 Å². The van der Waals surface area contributed by atoms with Crippen LogP contribution in [-0.4, -0.2) is 75.7 Å². The Morgan fingerprint density at radius 2 is 1.95 bits per heavy atom. The smallest absolute Gasteiger partial charge is 0.378 e. The summed E-state index contributed by atoms with van der Waals surface area (Å²) in [5.41, 5.74) is 4.06. The molecule has 9 nitrogen and oxygen atoms in total. The summed E-state index contributed by atoms with van der Waals surface area (Å²) in [5.74, 6) is -2.36. The Morgan fingerprint density at radius 3 is 2.42 bits per heavy atom. The summed E-state index contributed by atoms with van der Waals surface area (Å²) in [6.45, 7) is -2.34. The third-order valence-corrected chi connectivity index (χ3v) is 2.60. The fourth-order valence-corrected chi connectivity index (χ4v) is 1.32. The van der Waals surface area contributed by atoms with E-state index in [1.807, 2.05) is 0 Å². The number of ether oxygens (including phenoxy) is 2. The predicted molar refractivity (Wildman–Crippen MR) is 59.7 cm³/mol. The van der Waals surface area contributed by atoms with E-state index in [0.717, 1.165) is 0 Å². The molecule has 0 aromatic heterocycles. The molecule has 0 spiro atoms. The van der Waals surface area contributed by atoms with E-state index in [0.29, 0.717) is 0 Å². The molecule has 0 unspecified atom stereocenters. The van der Waals surface area contributed by atoms with Crippen LogP contribution in [0.15, 0.2) is 11.5 Å². The summed E-state index contributed by atoms with van der Waals surface area (Å²) < 4.78 is 9.64. The molecule has 1 aliphatic rings. The zero-order valence-corrected chi connectivity index (χ0v) is 10.0. The lowest BCUT2D eigenvalue weighted by Gasteiger charge is -2.26. The van der Waals surface area contributed by atoms with Gasteiger partial charge in [-0.2, -0.15) is 0 Å². The molecule has 0 amide bonds. The highest BCUT2D eigenvalue weighted by atomic mass is 16.6. The Hall–Kier alpha value is -1.39. The first-order chi connectivity index (χ1) is 8.88. The summed E-state index contributed by atoms with van der Waals surface area (Å²) in [5, 5.41) is 45.6. The maximum Gasteiger partial charge on any atom is 0.378 e. The van der Waals surface area contributed by atoms with Crippen molar-refractivity contribution < 1.29 is 39.8 Å². The molecule has 9 heteroatoms. The highest BCUT2D eigenvalue weighted by molar-refractivity contribution is 5.89. The number of cyclic esters (lactones) is 1. The van der Waals surface area contributed by atoms with E-state index in [1.165, 1.54) is 0 Å². The third-order valence-electron chi connectivity index (χ3n) is 2.60. The number of aliphatic hydroxyl groups is 5. The van der Waals surface area contributed by atoms with Crippen molar-refractivity contribution in [3.63, 3.8) is 0 Å². The van der Waals surface area contributed by atoms with Crippen molar-refractivity contribution in [2.24, 2.45) is 5.73 Å². The molecular weight excluding hydrogens is 262 g/mol. The Balaban J connectivity index is 2.80. The molecule has 0 saturated heterocycles. The normalized spacial score (nSPS) is 21.5. The van der Waals surface area contributed by atoms with Crippen LogP contribution in [0.5, 0.6) is 0 Å². The number of carbonyl (C=O) groups is 1. The van der Waals surface area contributed by atoms with Gasteiger partial charge >= 0.3 is 5.97 Å². The van der Waals surface area contributed by atoms with Gasteiger partial charge in [-0.05, 0) is 0 Å². The van der Waals surface area contributed by atoms with Crippen molar-refractivity contribution in [2.45, 2.75) is 17.7 Å². The summed E-state index contributed by atoms with van der Waals surface area (Å²) >= 11 is 0. The van der Waals surface area contributed by atoms with Gasteiger partial charge in [0, 0.05) is 0 Å². The Bertz CT molecular complexity index is 365. The standard InChI is InChI=1S/C10H17NO8/c11-10(2-13,3-14)4-18-8-6(16)9(17)19-7(8)5(15)1-12/h5,7,12-16H,1-4,11H2/t5-,7+/m0/s1. The largest absolute Gasteiger partial charge is 0.499 e. The average Bonchev–Trinajstić information content (AvgIpc) is 2.71. The van der Waals surface area contributed by atoms with Gasteiger partial charge in [-0.1, -0.05) is 0 Å². The molecule has 0 bridgehead atoms. The molecule has 0 saturated carbocycles. The average molecular weight is 279 g/mol. The van der Waals surface area contributed by atoms with E-state index in [2.05, 4.69) is 4.74 Å². The van der Waals surface area contributed by atoms with Gasteiger partial charge in [0.1, 0.15) is 12.7 Å². The van der Waals surface area contributed by atoms with Gasteiger partial charge in [-0.25, -0.2) is 4.79 Å². The highest BCUT2D eigenvalue weighted by Crippen LogP contribution is 2.25. The van der Waals surface area contributed by atoms with Gasteiger partial charge in [-0.3, -0.25) is 0 Å². The van der Waals surface area contributed by atoms with Gasteiger partial charge in [0.25, 0.3) is 0 Å². The lowest BCUT2D eigenvalue weighted by Crippen LogP contribution is -2.51. The molecule has 0 fully saturated rings. The predicted octanol–water partition coefficient (Wildman–Crippen LogP) is -3.27. The van der Waals surface area contributed by atoms with E-state index in [4.69, 9.17) is 25.8 Å². The molecule has 1 aliphatic heterocycles. The molecule has 0 radical (unpaired) electrons. The fraction of sp³-hybridized carbons (Fsp3) is 0.700. The van der Waals surface area contributed by atoms with Crippen molar-refractivity contribution >= 4 is 5.97 Å². The summed E-state index contributed by atoms with van der Waals surface area (Å²) in [4.78, 5) is 11.1. The monoisotopic (exact) mass is 279 g/mol. The van der Waals surface area contributed by atoms with E-state index in [9.17, 15) is 15.0 Å². The SMILES string of the molecule is NC(CO)(CO)COC1=C(O)C(=O)O[C@@H]1[C@@H](O)CO. The van der Waals surface area contributed by atoms with Crippen LogP contribution in [0, 0.1) is 0 Å². The second kappa shape index (κ2) is 6.17. The molecule has 19 heavy (non-hydrogen) atoms. The number of hydrogen-bond acceptors (Lipinski definition) is 9. The number of hydrogen-bond donors (Lipinski definition) is 6. The van der Waals surface area contributed by atoms with Gasteiger partial charge in [0.15, 0.2) is 11.9 Å². The second-order valence-electron chi connectivity index (χ2n) is 4.26. The highest BCUT2D eigenvalue weighted by Gasteiger charge is 2.41. The van der Waals surface area contributed by atoms with Crippen LogP contribution in [0.1, 0.15) is 0 Å². The molecule has 7 N–H and O–H groups in total. The molecule has 110 valence electrons. The minimum Gasteiger partial charge on any atom is -0.499 e. The first-order valence-electron chi connectivity index (χ1n) is 5.45. The molecular formula is C10H17NO8. The quantitative estimate of drug-likeness (QED) is 0.262. The van der Waals surface area contributed by atoms with Crippen molar-refractivity contribution in [1.82, 2.24) is 0 Å². The molecule has 1 rings (SSSR count). The first kappa shape index (κ1) is 15.7. The lowest BCUT2D eigenvalue weighted by atomic mass is 10.1. The maximum absolute atomic E-state index is 11.1. The lowest BCUT2D eigenvalue weighted by molar-refractivity contribution is -0.148. The Labute approximate surface area is 108 Å². The Morgan fingerprint density at radius 1 is 1.37 bits per heavy atom. The van der Waals surface area contributed by atoms with Crippen LogP contribution in [0.4, 0.5) is 0 Å². The summed E-state index contributed by atoms with van der Waals surface area (Å²) in [7, 11) is 0. The van der Waals surface area contributed by atoms with Crippen LogP contribution in [-0.2, 0) is 14.3 Å². The minimum atomic E-state index is -1.48. The zero-order chi connectivity index (χ0) is 14.6. The van der Waals surface area contributed by atoms with Crippen LogP contribution < -0.4 is 5.73 Å². The molecule has 1 heterocycles. The molecule has 0 aromatic carbocycles. The van der Waals surface area contributed by atoms with Gasteiger partial charge in [0.05, 0.1) is 25.4 Å². The summed E-state index contributed by atoms with van der Waals surface area (Å²) in [6, 6.07) is 0. The van der Waals surface area contributed by atoms with Gasteiger partial charge in [0.2, 0.25) is 5.76 Å². The van der Waals surface area contributed by atoms with E-state index in [-0.39, 0.29) is 0 Å². The zero-order valence-electron chi connectivity index (χ0n) is 10.0.